The summed E-state index contributed by atoms with van der Waals surface area (Å²) in [6.45, 7) is 5.81. The minimum atomic E-state index is -0.503. The lowest BCUT2D eigenvalue weighted by atomic mass is 10.1. The van der Waals surface area contributed by atoms with Gasteiger partial charge in [-0.2, -0.15) is 0 Å². The number of benzene rings is 5. The van der Waals surface area contributed by atoms with Crippen LogP contribution in [0, 0.1) is 0 Å². The fourth-order valence-corrected chi connectivity index (χ4v) is 6.56. The third-order valence-electron chi connectivity index (χ3n) is 9.52. The molecule has 57 heavy (non-hydrogen) atoms. The molecule has 0 saturated carbocycles. The van der Waals surface area contributed by atoms with Crippen LogP contribution in [0.25, 0.3) is 11.1 Å². The van der Waals surface area contributed by atoms with Gasteiger partial charge in [-0.05, 0) is 114 Å². The first kappa shape index (κ1) is 43.2. The number of carbonyl (C=O) groups is 1. The molecule has 0 bridgehead atoms. The number of nitrogens with zero attached hydrogens (tertiary/aromatic N) is 2. The smallest absolute Gasteiger partial charge is 0.343 e. The van der Waals surface area contributed by atoms with Crippen molar-refractivity contribution in [3.63, 3.8) is 0 Å². The first-order valence-electron chi connectivity index (χ1n) is 20.4. The van der Waals surface area contributed by atoms with Crippen molar-refractivity contribution in [1.82, 2.24) is 0 Å². The fraction of sp³-hybridized carbons (Fsp3) is 0.327. The molecule has 0 heterocycles. The Balaban J connectivity index is 1.08. The Bertz CT molecular complexity index is 2030. The van der Waals surface area contributed by atoms with E-state index in [-0.39, 0.29) is 0 Å². The van der Waals surface area contributed by atoms with Crippen molar-refractivity contribution in [2.24, 2.45) is 9.98 Å². The van der Waals surface area contributed by atoms with Gasteiger partial charge in [0.15, 0.2) is 0 Å². The van der Waals surface area contributed by atoms with Crippen LogP contribution in [0.4, 0.5) is 11.4 Å². The van der Waals surface area contributed by atoms with Gasteiger partial charge in [0.1, 0.15) is 17.2 Å². The quantitative estimate of drug-likeness (QED) is 0.0285. The monoisotopic (exact) mass is 804 g/mol. The van der Waals surface area contributed by atoms with E-state index in [0.717, 1.165) is 59.6 Å². The van der Waals surface area contributed by atoms with E-state index in [1.165, 1.54) is 57.8 Å². The van der Waals surface area contributed by atoms with Gasteiger partial charge in [0.25, 0.3) is 0 Å². The lowest BCUT2D eigenvalue weighted by Crippen LogP contribution is -2.09. The Morgan fingerprint density at radius 3 is 1.75 bits per heavy atom. The van der Waals surface area contributed by atoms with Crippen molar-refractivity contribution in [3.05, 3.63) is 136 Å². The maximum atomic E-state index is 12.8. The zero-order chi connectivity index (χ0) is 40.1. The number of carbonyl (C=O) groups excluding carboxylic acids is 1. The molecule has 0 fully saturated rings. The Kier molecular flexibility index (Phi) is 18.2. The minimum absolute atomic E-state index is 0.346. The van der Waals surface area contributed by atoms with Crippen molar-refractivity contribution in [2.45, 2.75) is 90.9 Å². The van der Waals surface area contributed by atoms with Crippen LogP contribution in [0.5, 0.6) is 17.2 Å². The minimum Gasteiger partial charge on any atom is -0.494 e. The second kappa shape index (κ2) is 24.0. The van der Waals surface area contributed by atoms with Gasteiger partial charge in [0.05, 0.1) is 40.2 Å². The molecule has 298 valence electrons. The van der Waals surface area contributed by atoms with Gasteiger partial charge in [-0.15, -0.1) is 0 Å². The van der Waals surface area contributed by atoms with Crippen molar-refractivity contribution in [2.75, 3.05) is 13.2 Å². The topological polar surface area (TPSA) is 69.5 Å². The summed E-state index contributed by atoms with van der Waals surface area (Å²) < 4.78 is 17.4. The molecule has 8 heteroatoms. The molecule has 5 rings (SSSR count). The third kappa shape index (κ3) is 14.8. The van der Waals surface area contributed by atoms with Crippen LogP contribution in [0.1, 0.15) is 112 Å². The molecule has 0 amide bonds. The van der Waals surface area contributed by atoms with Crippen molar-refractivity contribution in [3.8, 4) is 28.4 Å². The average molecular weight is 806 g/mol. The average Bonchev–Trinajstić information content (AvgIpc) is 3.23. The first-order chi connectivity index (χ1) is 27.9. The fourth-order valence-electron chi connectivity index (χ4n) is 6.16. The van der Waals surface area contributed by atoms with Crippen molar-refractivity contribution >= 4 is 53.0 Å². The molecule has 0 atom stereocenters. The number of aliphatic imine (C=N–C) groups is 2. The largest absolute Gasteiger partial charge is 0.494 e. The molecule has 5 aromatic rings. The normalized spacial score (nSPS) is 11.4. The number of rotatable bonds is 23. The number of unbranched alkanes of at least 4 members (excludes halogenated alkanes) is 10. The highest BCUT2D eigenvalue weighted by atomic mass is 35.5. The standard InChI is InChI=1S/C49H54Cl2N2O4/c1-3-5-7-9-11-13-31-55-43-27-20-40(21-28-43)39-18-23-42(24-19-39)52-36-38-17-29-45(50)47(33-38)53-35-37-15-25-44(26-16-37)57-49(54)41-22-30-48(46(51)34-41)56-32-14-12-10-8-6-4-2/h15-30,33-36H,3-14,31-32H2,1-2H3. The molecule has 0 aliphatic rings. The lowest BCUT2D eigenvalue weighted by molar-refractivity contribution is 0.0734. The van der Waals surface area contributed by atoms with E-state index in [0.29, 0.717) is 39.4 Å². The zero-order valence-electron chi connectivity index (χ0n) is 33.2. The maximum absolute atomic E-state index is 12.8. The number of esters is 1. The molecular formula is C49H54Cl2N2O4. The molecule has 0 aromatic heterocycles. The number of halogens is 2. The van der Waals surface area contributed by atoms with Crippen molar-refractivity contribution in [1.29, 1.82) is 0 Å². The highest BCUT2D eigenvalue weighted by Crippen LogP contribution is 2.29. The second-order valence-electron chi connectivity index (χ2n) is 14.1. The summed E-state index contributed by atoms with van der Waals surface area (Å²) in [5, 5.41) is 0.904. The van der Waals surface area contributed by atoms with Gasteiger partial charge in [0, 0.05) is 12.4 Å². The molecule has 0 saturated heterocycles. The van der Waals surface area contributed by atoms with Gasteiger partial charge in [-0.3, -0.25) is 9.98 Å². The summed E-state index contributed by atoms with van der Waals surface area (Å²) in [5.41, 5.74) is 5.73. The Morgan fingerprint density at radius 1 is 0.544 bits per heavy atom. The first-order valence-corrected chi connectivity index (χ1v) is 21.1. The van der Waals surface area contributed by atoms with E-state index in [1.54, 1.807) is 42.8 Å². The summed E-state index contributed by atoms with van der Waals surface area (Å²) in [4.78, 5) is 22.1. The number of ether oxygens (including phenoxy) is 3. The van der Waals surface area contributed by atoms with E-state index < -0.39 is 5.97 Å². The highest BCUT2D eigenvalue weighted by Gasteiger charge is 2.12. The van der Waals surface area contributed by atoms with Gasteiger partial charge < -0.3 is 14.2 Å². The summed E-state index contributed by atoms with van der Waals surface area (Å²) in [5.74, 6) is 1.37. The predicted molar refractivity (Wildman–Crippen MR) is 238 cm³/mol. The van der Waals surface area contributed by atoms with Gasteiger partial charge in [0.2, 0.25) is 0 Å². The molecule has 0 N–H and O–H groups in total. The highest BCUT2D eigenvalue weighted by molar-refractivity contribution is 6.33. The Labute approximate surface area is 348 Å². The van der Waals surface area contributed by atoms with Crippen LogP contribution >= 0.6 is 23.2 Å². The number of hydrogen-bond donors (Lipinski definition) is 0. The summed E-state index contributed by atoms with van der Waals surface area (Å²) >= 11 is 12.9. The molecule has 0 unspecified atom stereocenters. The predicted octanol–water partition coefficient (Wildman–Crippen LogP) is 14.9. The van der Waals surface area contributed by atoms with Gasteiger partial charge in [-0.25, -0.2) is 4.79 Å². The molecule has 5 aromatic carbocycles. The van der Waals surface area contributed by atoms with Crippen LogP contribution < -0.4 is 14.2 Å². The van der Waals surface area contributed by atoms with Crippen LogP contribution in [0.3, 0.4) is 0 Å². The Morgan fingerprint density at radius 2 is 1.11 bits per heavy atom. The molecule has 0 aliphatic carbocycles. The van der Waals surface area contributed by atoms with Crippen LogP contribution in [-0.2, 0) is 0 Å². The van der Waals surface area contributed by atoms with E-state index in [2.05, 4.69) is 48.1 Å². The van der Waals surface area contributed by atoms with Crippen LogP contribution in [0.2, 0.25) is 10.0 Å². The van der Waals surface area contributed by atoms with Gasteiger partial charge >= 0.3 is 5.97 Å². The van der Waals surface area contributed by atoms with E-state index in [9.17, 15) is 4.79 Å². The Hall–Kier alpha value is -4.91. The maximum Gasteiger partial charge on any atom is 0.343 e. The van der Waals surface area contributed by atoms with Gasteiger partial charge in [-0.1, -0.05) is 132 Å². The zero-order valence-corrected chi connectivity index (χ0v) is 34.7. The number of hydrogen-bond acceptors (Lipinski definition) is 6. The molecule has 0 spiro atoms. The summed E-state index contributed by atoms with van der Waals surface area (Å²) in [6.07, 6.45) is 18.1. The van der Waals surface area contributed by atoms with Crippen LogP contribution in [-0.4, -0.2) is 31.6 Å². The summed E-state index contributed by atoms with van der Waals surface area (Å²) in [7, 11) is 0. The van der Waals surface area contributed by atoms with E-state index >= 15 is 0 Å². The SMILES string of the molecule is CCCCCCCCOc1ccc(-c2ccc(N=Cc3ccc(Cl)c(N=Cc4ccc(OC(=O)c5ccc(OCCCCCCCC)c(Cl)c5)cc4)c3)cc2)cc1. The van der Waals surface area contributed by atoms with E-state index in [4.69, 9.17) is 37.4 Å². The second-order valence-corrected chi connectivity index (χ2v) is 14.9. The molecule has 0 radical (unpaired) electrons. The summed E-state index contributed by atoms with van der Waals surface area (Å²) in [6, 6.07) is 34.1. The third-order valence-corrected chi connectivity index (χ3v) is 10.1. The van der Waals surface area contributed by atoms with E-state index in [1.807, 2.05) is 54.6 Å². The van der Waals surface area contributed by atoms with Crippen LogP contribution in [0.15, 0.2) is 119 Å². The molecule has 0 aliphatic heterocycles. The molecule has 6 nitrogen and oxygen atoms in total. The molecular weight excluding hydrogens is 751 g/mol. The van der Waals surface area contributed by atoms with Crippen molar-refractivity contribution < 1.29 is 19.0 Å². The lowest BCUT2D eigenvalue weighted by Gasteiger charge is -2.10.